The third-order valence-corrected chi connectivity index (χ3v) is 12.6. The van der Waals surface area contributed by atoms with Crippen molar-refractivity contribution in [3.8, 4) is 11.1 Å². The molecular weight excluding hydrogens is 629 g/mol. The van der Waals surface area contributed by atoms with E-state index < -0.39 is 0 Å². The van der Waals surface area contributed by atoms with Gasteiger partial charge in [0.1, 0.15) is 0 Å². The number of hydrogen-bond acceptors (Lipinski definition) is 2. The smallest absolute Gasteiger partial charge is 0.0540 e. The van der Waals surface area contributed by atoms with E-state index in [4.69, 9.17) is 0 Å². The SMILES string of the molecule is CC1(C)C2=C3C(CC=C2)c2cc(N(c4ccc(-c5ccc6ccccc6c5)cc4)c4ccc5ccccc5c4)cc4c2N3c2c1cccc2C4(C)C. The Morgan fingerprint density at radius 3 is 1.90 bits per heavy atom. The van der Waals surface area contributed by atoms with E-state index >= 15 is 0 Å². The van der Waals surface area contributed by atoms with E-state index in [1.165, 1.54) is 88.9 Å². The van der Waals surface area contributed by atoms with Gasteiger partial charge in [0, 0.05) is 39.5 Å². The highest BCUT2D eigenvalue weighted by Crippen LogP contribution is 2.66. The molecule has 0 N–H and O–H groups in total. The van der Waals surface area contributed by atoms with Gasteiger partial charge in [-0.05, 0) is 109 Å². The van der Waals surface area contributed by atoms with Crippen molar-refractivity contribution in [2.45, 2.75) is 50.9 Å². The first kappa shape index (κ1) is 29.8. The highest BCUT2D eigenvalue weighted by atomic mass is 15.2. The third kappa shape index (κ3) is 3.95. The van der Waals surface area contributed by atoms with Crippen molar-refractivity contribution in [3.05, 3.63) is 185 Å². The summed E-state index contributed by atoms with van der Waals surface area (Å²) in [4.78, 5) is 5.17. The molecular formula is C50H40N2. The van der Waals surface area contributed by atoms with Gasteiger partial charge in [-0.3, -0.25) is 0 Å². The van der Waals surface area contributed by atoms with Crippen LogP contribution in [0.25, 0.3) is 32.7 Å². The van der Waals surface area contributed by atoms with Crippen molar-refractivity contribution < 1.29 is 0 Å². The number of hydrogen-bond donors (Lipinski definition) is 0. The van der Waals surface area contributed by atoms with Gasteiger partial charge < -0.3 is 9.80 Å². The number of para-hydroxylation sites is 1. The molecule has 0 amide bonds. The monoisotopic (exact) mass is 668 g/mol. The highest BCUT2D eigenvalue weighted by Gasteiger charge is 2.52. The van der Waals surface area contributed by atoms with Gasteiger partial charge in [-0.15, -0.1) is 0 Å². The number of rotatable bonds is 4. The maximum Gasteiger partial charge on any atom is 0.0540 e. The Bertz CT molecular complexity index is 2720. The quantitative estimate of drug-likeness (QED) is 0.184. The predicted octanol–water partition coefficient (Wildman–Crippen LogP) is 13.5. The summed E-state index contributed by atoms with van der Waals surface area (Å²) in [6.07, 6.45) is 5.87. The zero-order valence-electron chi connectivity index (χ0n) is 30.1. The van der Waals surface area contributed by atoms with Crippen molar-refractivity contribution in [2.24, 2.45) is 0 Å². The molecule has 7 aromatic rings. The molecule has 11 rings (SSSR count). The van der Waals surface area contributed by atoms with Gasteiger partial charge in [0.25, 0.3) is 0 Å². The lowest BCUT2D eigenvalue weighted by Gasteiger charge is -2.48. The van der Waals surface area contributed by atoms with Crippen LogP contribution in [0, 0.1) is 0 Å². The van der Waals surface area contributed by atoms with Crippen LogP contribution < -0.4 is 9.80 Å². The molecule has 3 heterocycles. The van der Waals surface area contributed by atoms with Gasteiger partial charge in [0.2, 0.25) is 0 Å². The fourth-order valence-electron chi connectivity index (χ4n) is 9.92. The second-order valence-electron chi connectivity index (χ2n) is 16.2. The zero-order valence-corrected chi connectivity index (χ0v) is 30.1. The van der Waals surface area contributed by atoms with Crippen molar-refractivity contribution in [1.82, 2.24) is 0 Å². The van der Waals surface area contributed by atoms with E-state index in [0.29, 0.717) is 5.92 Å². The molecule has 7 aromatic carbocycles. The predicted molar refractivity (Wildman–Crippen MR) is 219 cm³/mol. The van der Waals surface area contributed by atoms with E-state index in [9.17, 15) is 0 Å². The Kier molecular flexibility index (Phi) is 5.94. The van der Waals surface area contributed by atoms with E-state index in [1.807, 2.05) is 0 Å². The fourth-order valence-corrected chi connectivity index (χ4v) is 9.92. The van der Waals surface area contributed by atoms with Crippen LogP contribution in [0.5, 0.6) is 0 Å². The average molecular weight is 669 g/mol. The molecule has 0 saturated carbocycles. The van der Waals surface area contributed by atoms with Crippen LogP contribution >= 0.6 is 0 Å². The summed E-state index contributed by atoms with van der Waals surface area (Å²) in [5.41, 5.74) is 17.3. The number of allylic oxidation sites excluding steroid dienone is 4. The molecule has 0 saturated heterocycles. The molecule has 0 bridgehead atoms. The lowest BCUT2D eigenvalue weighted by Crippen LogP contribution is -2.39. The van der Waals surface area contributed by atoms with Gasteiger partial charge >= 0.3 is 0 Å². The summed E-state index contributed by atoms with van der Waals surface area (Å²) in [7, 11) is 0. The molecule has 2 heteroatoms. The summed E-state index contributed by atoms with van der Waals surface area (Å²) in [5.74, 6) is 0.330. The topological polar surface area (TPSA) is 6.48 Å². The summed E-state index contributed by atoms with van der Waals surface area (Å²) < 4.78 is 0. The van der Waals surface area contributed by atoms with Gasteiger partial charge in [-0.25, -0.2) is 0 Å². The maximum absolute atomic E-state index is 2.68. The zero-order chi connectivity index (χ0) is 34.9. The Hall–Kier alpha value is -5.86. The first-order valence-electron chi connectivity index (χ1n) is 18.7. The van der Waals surface area contributed by atoms with Crippen LogP contribution in [0.15, 0.2) is 163 Å². The molecule has 0 fully saturated rings. The van der Waals surface area contributed by atoms with Crippen molar-refractivity contribution in [3.63, 3.8) is 0 Å². The lowest BCUT2D eigenvalue weighted by atomic mass is 9.66. The Morgan fingerprint density at radius 1 is 0.519 bits per heavy atom. The second-order valence-corrected chi connectivity index (χ2v) is 16.2. The molecule has 0 spiro atoms. The molecule has 1 atom stereocenters. The van der Waals surface area contributed by atoms with Crippen LogP contribution in [-0.2, 0) is 10.8 Å². The molecule has 4 aliphatic rings. The second kappa shape index (κ2) is 10.4. The Morgan fingerprint density at radius 2 is 1.15 bits per heavy atom. The first-order chi connectivity index (χ1) is 25.3. The summed E-state index contributed by atoms with van der Waals surface area (Å²) in [5, 5.41) is 5.03. The van der Waals surface area contributed by atoms with Gasteiger partial charge in [-0.2, -0.15) is 0 Å². The standard InChI is InChI=1S/C50H40N2/c1-49(2)42-16-9-15-40-41-29-39(30-45-47(41)52(46(40)42)48-43(49)17-10-18-44(48)50(45,3)4)51(38-26-23-32-12-6-8-14-35(32)28-38)37-24-21-33(22-25-37)36-20-19-31-11-5-7-13-34(31)27-36/h5-14,16-30,40H,15H2,1-4H3. The molecule has 250 valence electrons. The minimum atomic E-state index is -0.175. The van der Waals surface area contributed by atoms with Crippen molar-refractivity contribution in [2.75, 3.05) is 9.80 Å². The fraction of sp³-hybridized carbons (Fsp3) is 0.160. The molecule has 0 aromatic heterocycles. The molecule has 2 nitrogen and oxygen atoms in total. The summed E-state index contributed by atoms with van der Waals surface area (Å²) in [6, 6.07) is 52.3. The summed E-state index contributed by atoms with van der Waals surface area (Å²) in [6.45, 7) is 9.73. The van der Waals surface area contributed by atoms with Crippen molar-refractivity contribution >= 4 is 50.0 Å². The maximum atomic E-state index is 2.68. The third-order valence-electron chi connectivity index (χ3n) is 12.6. The Balaban J connectivity index is 1.13. The van der Waals surface area contributed by atoms with Crippen LogP contribution in [0.4, 0.5) is 28.4 Å². The normalized spacial score (nSPS) is 18.2. The van der Waals surface area contributed by atoms with E-state index in [-0.39, 0.29) is 10.8 Å². The molecule has 1 aliphatic carbocycles. The van der Waals surface area contributed by atoms with Crippen LogP contribution in [0.2, 0.25) is 0 Å². The molecule has 0 radical (unpaired) electrons. The van der Waals surface area contributed by atoms with Crippen LogP contribution in [0.1, 0.15) is 62.3 Å². The van der Waals surface area contributed by atoms with Crippen molar-refractivity contribution in [1.29, 1.82) is 0 Å². The average Bonchev–Trinajstić information content (AvgIpc) is 3.51. The molecule has 52 heavy (non-hydrogen) atoms. The van der Waals surface area contributed by atoms with Crippen LogP contribution in [-0.4, -0.2) is 0 Å². The first-order valence-corrected chi connectivity index (χ1v) is 18.7. The van der Waals surface area contributed by atoms with Gasteiger partial charge in [-0.1, -0.05) is 137 Å². The Labute approximate surface area is 306 Å². The van der Waals surface area contributed by atoms with E-state index in [1.54, 1.807) is 0 Å². The van der Waals surface area contributed by atoms with Gasteiger partial charge in [0.15, 0.2) is 0 Å². The number of nitrogens with zero attached hydrogens (tertiary/aromatic N) is 2. The molecule has 3 aliphatic heterocycles. The summed E-state index contributed by atoms with van der Waals surface area (Å²) >= 11 is 0. The minimum Gasteiger partial charge on any atom is -0.312 e. The van der Waals surface area contributed by atoms with Gasteiger partial charge in [0.05, 0.1) is 11.4 Å². The van der Waals surface area contributed by atoms with E-state index in [0.717, 1.165) is 12.1 Å². The van der Waals surface area contributed by atoms with Crippen LogP contribution in [0.3, 0.4) is 0 Å². The largest absolute Gasteiger partial charge is 0.312 e. The minimum absolute atomic E-state index is 0.0608. The number of benzene rings is 7. The molecule has 1 unspecified atom stereocenters. The lowest BCUT2D eigenvalue weighted by molar-refractivity contribution is 0.578. The number of fused-ring (bicyclic) bond motifs is 3. The number of anilines is 5. The highest BCUT2D eigenvalue weighted by molar-refractivity contribution is 5.96. The van der Waals surface area contributed by atoms with E-state index in [2.05, 4.69) is 189 Å².